The second-order valence-corrected chi connectivity index (χ2v) is 6.57. The number of halogens is 1. The fraction of sp³-hybridized carbons (Fsp3) is 1.00. The normalized spacial score (nSPS) is 39.2. The van der Waals surface area contributed by atoms with Crippen molar-refractivity contribution in [3.63, 3.8) is 0 Å². The van der Waals surface area contributed by atoms with Crippen molar-refractivity contribution in [2.24, 2.45) is 0 Å². The largest absolute Gasteiger partial charge is 0.304 e. The molecule has 0 spiro atoms. The van der Waals surface area contributed by atoms with Crippen molar-refractivity contribution in [2.75, 3.05) is 0 Å². The monoisotopic (exact) mass is 236 g/mol. The third kappa shape index (κ3) is 1.72. The van der Waals surface area contributed by atoms with Crippen LogP contribution in [0.5, 0.6) is 0 Å². The Kier molecular flexibility index (Phi) is 2.39. The van der Waals surface area contributed by atoms with Gasteiger partial charge in [0.05, 0.1) is 0 Å². The van der Waals surface area contributed by atoms with E-state index in [4.69, 9.17) is 11.6 Å². The predicted octanol–water partition coefficient (Wildman–Crippen LogP) is -0.439. The van der Waals surface area contributed by atoms with Gasteiger partial charge in [-0.1, -0.05) is 11.6 Å². The number of alkyl halides is 1. The number of rotatable bonds is 0. The van der Waals surface area contributed by atoms with Crippen molar-refractivity contribution in [3.05, 3.63) is 0 Å². The molecule has 0 unspecified atom stereocenters. The van der Waals surface area contributed by atoms with Crippen LogP contribution in [0.3, 0.4) is 0 Å². The molecule has 1 fully saturated rings. The van der Waals surface area contributed by atoms with Gasteiger partial charge in [0, 0.05) is 0 Å². The molecule has 1 saturated heterocycles. The Labute approximate surface area is 74.7 Å². The average molecular weight is 237 g/mol. The zero-order valence-electron chi connectivity index (χ0n) is 5.80. The highest BCUT2D eigenvalue weighted by atomic mass is 35.5. The van der Waals surface area contributed by atoms with E-state index in [0.29, 0.717) is 0 Å². The molecule has 0 aromatic rings. The van der Waals surface area contributed by atoms with Gasteiger partial charge < -0.3 is 0 Å². The summed E-state index contributed by atoms with van der Waals surface area (Å²) in [5.41, 5.74) is 0. The van der Waals surface area contributed by atoms with Crippen LogP contribution in [0.4, 0.5) is 0 Å². The lowest BCUT2D eigenvalue weighted by molar-refractivity contribution is 0.0268. The first kappa shape index (κ1) is 10.2. The van der Waals surface area contributed by atoms with Gasteiger partial charge in [-0.2, -0.15) is 16.8 Å². The van der Waals surface area contributed by atoms with E-state index in [0.717, 1.165) is 6.92 Å². The molecule has 1 heterocycles. The van der Waals surface area contributed by atoms with E-state index >= 15 is 0 Å². The second-order valence-electron chi connectivity index (χ2n) is 2.02. The maximum absolute atomic E-state index is 10.8. The SMILES string of the molecule is CC1OS(=O)(=O)C(Cl)S(=O)(=O)O1. The van der Waals surface area contributed by atoms with Crippen LogP contribution in [0.25, 0.3) is 0 Å². The first-order valence-electron chi connectivity index (χ1n) is 2.74. The molecule has 1 rings (SSSR count). The van der Waals surface area contributed by atoms with Crippen molar-refractivity contribution in [3.8, 4) is 0 Å². The Morgan fingerprint density at radius 1 is 1.08 bits per heavy atom. The van der Waals surface area contributed by atoms with E-state index in [1.165, 1.54) is 0 Å². The minimum Gasteiger partial charge on any atom is -0.235 e. The Morgan fingerprint density at radius 3 is 1.75 bits per heavy atom. The van der Waals surface area contributed by atoms with Crippen molar-refractivity contribution in [2.45, 2.75) is 17.3 Å². The topological polar surface area (TPSA) is 86.7 Å². The molecule has 9 heteroatoms. The summed E-state index contributed by atoms with van der Waals surface area (Å²) < 4.78 is 49.3. The lowest BCUT2D eigenvalue weighted by Gasteiger charge is -2.22. The third-order valence-corrected chi connectivity index (χ3v) is 5.70. The van der Waals surface area contributed by atoms with Crippen molar-refractivity contribution < 1.29 is 25.2 Å². The lowest BCUT2D eigenvalue weighted by Crippen LogP contribution is -2.39. The highest BCUT2D eigenvalue weighted by Crippen LogP contribution is 2.26. The smallest absolute Gasteiger partial charge is 0.235 e. The Bertz CT molecular complexity index is 332. The molecule has 0 aromatic heterocycles. The van der Waals surface area contributed by atoms with Gasteiger partial charge in [-0.15, -0.1) is 0 Å². The van der Waals surface area contributed by atoms with Crippen LogP contribution >= 0.6 is 11.6 Å². The van der Waals surface area contributed by atoms with Crippen LogP contribution in [0.2, 0.25) is 0 Å². The van der Waals surface area contributed by atoms with Gasteiger partial charge >= 0.3 is 20.2 Å². The second kappa shape index (κ2) is 2.81. The number of hydrogen-bond acceptors (Lipinski definition) is 6. The van der Waals surface area contributed by atoms with Crippen LogP contribution in [0.15, 0.2) is 0 Å². The molecule has 12 heavy (non-hydrogen) atoms. The van der Waals surface area contributed by atoms with E-state index in [2.05, 4.69) is 8.37 Å². The van der Waals surface area contributed by atoms with Gasteiger partial charge in [0.1, 0.15) is 0 Å². The molecule has 6 nitrogen and oxygen atoms in total. The lowest BCUT2D eigenvalue weighted by atomic mass is 10.8. The zero-order valence-corrected chi connectivity index (χ0v) is 8.19. The summed E-state index contributed by atoms with van der Waals surface area (Å²) in [6.45, 7) is 1.14. The van der Waals surface area contributed by atoms with Gasteiger partial charge in [-0.3, -0.25) is 0 Å². The van der Waals surface area contributed by atoms with Crippen molar-refractivity contribution in [1.82, 2.24) is 0 Å². The van der Waals surface area contributed by atoms with E-state index in [9.17, 15) is 16.8 Å². The fourth-order valence-electron chi connectivity index (χ4n) is 0.625. The van der Waals surface area contributed by atoms with E-state index in [1.807, 2.05) is 0 Å². The molecule has 0 atom stereocenters. The molecular formula is C3H5ClO6S2. The van der Waals surface area contributed by atoms with Crippen LogP contribution in [-0.4, -0.2) is 27.2 Å². The molecule has 0 aliphatic carbocycles. The van der Waals surface area contributed by atoms with Gasteiger partial charge in [-0.05, 0) is 6.92 Å². The van der Waals surface area contributed by atoms with Gasteiger partial charge in [-0.25, -0.2) is 8.37 Å². The Morgan fingerprint density at radius 2 is 1.42 bits per heavy atom. The summed E-state index contributed by atoms with van der Waals surface area (Å²) in [6, 6.07) is 0. The molecule has 0 amide bonds. The summed E-state index contributed by atoms with van der Waals surface area (Å²) in [5, 5.41) is 0. The van der Waals surface area contributed by atoms with E-state index < -0.39 is 30.6 Å². The molecular weight excluding hydrogens is 232 g/mol. The van der Waals surface area contributed by atoms with Gasteiger partial charge in [0.2, 0.25) is 0 Å². The first-order valence-corrected chi connectivity index (χ1v) is 6.12. The summed E-state index contributed by atoms with van der Waals surface area (Å²) >= 11 is 5.04. The van der Waals surface area contributed by atoms with Crippen LogP contribution in [0.1, 0.15) is 6.92 Å². The molecule has 0 N–H and O–H groups in total. The number of hydrogen-bond donors (Lipinski definition) is 0. The third-order valence-electron chi connectivity index (χ3n) is 0.993. The fourth-order valence-corrected chi connectivity index (χ4v) is 3.36. The van der Waals surface area contributed by atoms with Crippen LogP contribution < -0.4 is 0 Å². The van der Waals surface area contributed by atoms with Crippen molar-refractivity contribution >= 4 is 31.8 Å². The molecule has 1 aliphatic heterocycles. The first-order chi connectivity index (χ1) is 5.26. The Hall–Kier alpha value is 0.110. The van der Waals surface area contributed by atoms with Crippen LogP contribution in [-0.2, 0) is 28.6 Å². The zero-order chi connectivity index (χ0) is 9.57. The van der Waals surface area contributed by atoms with Crippen LogP contribution in [0, 0.1) is 0 Å². The molecule has 0 bridgehead atoms. The predicted molar refractivity (Wildman–Crippen MR) is 39.1 cm³/mol. The minimum atomic E-state index is -4.27. The Balaban J connectivity index is 3.18. The van der Waals surface area contributed by atoms with Gasteiger partial charge in [0.15, 0.2) is 6.29 Å². The maximum Gasteiger partial charge on any atom is 0.304 e. The van der Waals surface area contributed by atoms with E-state index in [-0.39, 0.29) is 0 Å². The summed E-state index contributed by atoms with van der Waals surface area (Å²) in [7, 11) is -8.53. The summed E-state index contributed by atoms with van der Waals surface area (Å²) in [4.78, 5) is 0. The average Bonchev–Trinajstić information content (AvgIpc) is 1.80. The molecule has 0 radical (unpaired) electrons. The highest BCUT2D eigenvalue weighted by Gasteiger charge is 2.45. The minimum absolute atomic E-state index is 1.14. The molecule has 1 aliphatic rings. The van der Waals surface area contributed by atoms with Gasteiger partial charge in [0.25, 0.3) is 4.04 Å². The summed E-state index contributed by atoms with van der Waals surface area (Å²) in [5.74, 6) is 0. The standard InChI is InChI=1S/C3H5ClO6S2/c1-2-9-11(5,6)3(4)12(7,8)10-2/h2-3H,1H3. The molecule has 0 aromatic carbocycles. The maximum atomic E-state index is 10.8. The molecule has 0 saturated carbocycles. The van der Waals surface area contributed by atoms with Crippen molar-refractivity contribution in [1.29, 1.82) is 0 Å². The van der Waals surface area contributed by atoms with E-state index in [1.54, 1.807) is 0 Å². The summed E-state index contributed by atoms with van der Waals surface area (Å²) in [6.07, 6.45) is -1.35. The highest BCUT2D eigenvalue weighted by molar-refractivity contribution is 8.07. The molecule has 72 valence electrons. The quantitative estimate of drug-likeness (QED) is 0.419.